The molecule has 1 aromatic rings. The van der Waals surface area contributed by atoms with Gasteiger partial charge >= 0.3 is 0 Å². The number of nitrogens with zero attached hydrogens (tertiary/aromatic N) is 2. The Morgan fingerprint density at radius 1 is 1.03 bits per heavy atom. The SMILES string of the molecule is COC1=C(OC)CC([C@H]2CCCC3CN(c4ccc(F)c(OC)c4)CCN32)C=C1. The summed E-state index contributed by atoms with van der Waals surface area (Å²) in [5.74, 6) is 2.23. The van der Waals surface area contributed by atoms with Crippen LogP contribution in [0.3, 0.4) is 0 Å². The second-order valence-corrected chi connectivity index (χ2v) is 8.08. The van der Waals surface area contributed by atoms with Crippen LogP contribution < -0.4 is 9.64 Å². The van der Waals surface area contributed by atoms with Gasteiger partial charge in [0.25, 0.3) is 0 Å². The van der Waals surface area contributed by atoms with Crippen molar-refractivity contribution in [3.05, 3.63) is 47.7 Å². The van der Waals surface area contributed by atoms with Crippen LogP contribution in [0.5, 0.6) is 5.75 Å². The first-order chi connectivity index (χ1) is 14.1. The highest BCUT2D eigenvalue weighted by Crippen LogP contribution is 2.37. The summed E-state index contributed by atoms with van der Waals surface area (Å²) in [7, 11) is 4.94. The van der Waals surface area contributed by atoms with Crippen molar-refractivity contribution >= 4 is 5.69 Å². The first-order valence-electron chi connectivity index (χ1n) is 10.5. The molecule has 2 unspecified atom stereocenters. The lowest BCUT2D eigenvalue weighted by molar-refractivity contribution is 0.0442. The summed E-state index contributed by atoms with van der Waals surface area (Å²) in [5, 5.41) is 0. The number of benzene rings is 1. The minimum Gasteiger partial charge on any atom is -0.497 e. The Labute approximate surface area is 172 Å². The average Bonchev–Trinajstić information content (AvgIpc) is 2.78. The number of piperidine rings is 1. The molecule has 2 fully saturated rings. The molecule has 3 atom stereocenters. The molecule has 6 heteroatoms. The number of anilines is 1. The number of hydrogen-bond acceptors (Lipinski definition) is 5. The minimum absolute atomic E-state index is 0.311. The van der Waals surface area contributed by atoms with Crippen molar-refractivity contribution in [3.63, 3.8) is 0 Å². The monoisotopic (exact) mass is 402 g/mol. The molecule has 2 heterocycles. The summed E-state index contributed by atoms with van der Waals surface area (Å²) >= 11 is 0. The van der Waals surface area contributed by atoms with Crippen LogP contribution in [0.15, 0.2) is 41.9 Å². The highest BCUT2D eigenvalue weighted by Gasteiger charge is 2.39. The van der Waals surface area contributed by atoms with Gasteiger partial charge in [-0.05, 0) is 37.0 Å². The second kappa shape index (κ2) is 8.66. The summed E-state index contributed by atoms with van der Waals surface area (Å²) < 4.78 is 30.0. The molecule has 0 N–H and O–H groups in total. The van der Waals surface area contributed by atoms with E-state index in [1.54, 1.807) is 14.2 Å². The van der Waals surface area contributed by atoms with Crippen LogP contribution in [-0.2, 0) is 9.47 Å². The molecule has 158 valence electrons. The molecule has 0 saturated carbocycles. The molecule has 29 heavy (non-hydrogen) atoms. The van der Waals surface area contributed by atoms with Crippen LogP contribution >= 0.6 is 0 Å². The first-order valence-corrected chi connectivity index (χ1v) is 10.5. The van der Waals surface area contributed by atoms with Gasteiger partial charge < -0.3 is 19.1 Å². The van der Waals surface area contributed by atoms with Crippen molar-refractivity contribution in [2.24, 2.45) is 5.92 Å². The quantitative estimate of drug-likeness (QED) is 0.745. The Bertz CT molecular complexity index is 794. The Kier molecular flexibility index (Phi) is 5.99. The van der Waals surface area contributed by atoms with E-state index in [1.165, 1.54) is 32.4 Å². The lowest BCUT2D eigenvalue weighted by Crippen LogP contribution is -2.60. The largest absolute Gasteiger partial charge is 0.497 e. The summed E-state index contributed by atoms with van der Waals surface area (Å²) in [6, 6.07) is 6.23. The van der Waals surface area contributed by atoms with Gasteiger partial charge in [0.15, 0.2) is 17.3 Å². The fourth-order valence-corrected chi connectivity index (χ4v) is 5.15. The van der Waals surface area contributed by atoms with Crippen LogP contribution in [0.1, 0.15) is 25.7 Å². The molecule has 5 nitrogen and oxygen atoms in total. The van der Waals surface area contributed by atoms with E-state index in [1.807, 2.05) is 12.1 Å². The van der Waals surface area contributed by atoms with Gasteiger partial charge in [-0.25, -0.2) is 4.39 Å². The number of fused-ring (bicyclic) bond motifs is 1. The molecule has 2 saturated heterocycles. The van der Waals surface area contributed by atoms with Crippen LogP contribution in [0.4, 0.5) is 10.1 Å². The van der Waals surface area contributed by atoms with E-state index in [2.05, 4.69) is 22.0 Å². The number of allylic oxidation sites excluding steroid dienone is 2. The molecule has 0 spiro atoms. The average molecular weight is 403 g/mol. The third-order valence-corrected chi connectivity index (χ3v) is 6.64. The standard InChI is InChI=1S/C23H31FN2O3/c1-27-21-10-7-16(13-23(21)29-3)20-6-4-5-18-15-25(11-12-26(18)20)17-8-9-19(24)22(14-17)28-2/h7-10,14,16,18,20H,4-6,11-13,15H2,1-3H3/t16?,18?,20-/m1/s1. The third-order valence-electron chi connectivity index (χ3n) is 6.64. The molecule has 1 aliphatic carbocycles. The fraction of sp³-hybridized carbons (Fsp3) is 0.565. The number of methoxy groups -OCH3 is 3. The molecular weight excluding hydrogens is 371 g/mol. The summed E-state index contributed by atoms with van der Waals surface area (Å²) in [4.78, 5) is 5.06. The van der Waals surface area contributed by atoms with Gasteiger partial charge in [-0.1, -0.05) is 12.5 Å². The summed E-state index contributed by atoms with van der Waals surface area (Å²) in [6.45, 7) is 2.93. The lowest BCUT2D eigenvalue weighted by Gasteiger charge is -2.51. The van der Waals surface area contributed by atoms with E-state index in [0.717, 1.165) is 43.3 Å². The fourth-order valence-electron chi connectivity index (χ4n) is 5.15. The van der Waals surface area contributed by atoms with Gasteiger partial charge in [-0.3, -0.25) is 4.90 Å². The maximum atomic E-state index is 13.8. The van der Waals surface area contributed by atoms with E-state index in [0.29, 0.717) is 23.8 Å². The van der Waals surface area contributed by atoms with Gasteiger partial charge in [0.2, 0.25) is 0 Å². The van der Waals surface area contributed by atoms with Gasteiger partial charge in [-0.15, -0.1) is 0 Å². The zero-order valence-electron chi connectivity index (χ0n) is 17.6. The lowest BCUT2D eigenvalue weighted by atomic mass is 9.82. The normalized spacial score (nSPS) is 27.6. The summed E-state index contributed by atoms with van der Waals surface area (Å²) in [5.41, 5.74) is 1.04. The topological polar surface area (TPSA) is 34.2 Å². The van der Waals surface area contributed by atoms with E-state index in [-0.39, 0.29) is 5.82 Å². The predicted octanol–water partition coefficient (Wildman–Crippen LogP) is 3.96. The summed E-state index contributed by atoms with van der Waals surface area (Å²) in [6.07, 6.45) is 8.92. The first kappa shape index (κ1) is 20.1. The number of piperazine rings is 1. The second-order valence-electron chi connectivity index (χ2n) is 8.08. The zero-order chi connectivity index (χ0) is 20.4. The van der Waals surface area contributed by atoms with Crippen molar-refractivity contribution in [1.82, 2.24) is 4.90 Å². The van der Waals surface area contributed by atoms with Crippen LogP contribution in [0, 0.1) is 11.7 Å². The van der Waals surface area contributed by atoms with Gasteiger partial charge in [0.05, 0.1) is 21.3 Å². The highest BCUT2D eigenvalue weighted by molar-refractivity contribution is 5.52. The van der Waals surface area contributed by atoms with Crippen molar-refractivity contribution in [1.29, 1.82) is 0 Å². The Morgan fingerprint density at radius 2 is 1.90 bits per heavy atom. The molecule has 1 aromatic carbocycles. The Hall–Kier alpha value is -2.21. The van der Waals surface area contributed by atoms with Gasteiger partial charge in [0.1, 0.15) is 5.76 Å². The highest BCUT2D eigenvalue weighted by atomic mass is 19.1. The van der Waals surface area contributed by atoms with Crippen molar-refractivity contribution in [2.45, 2.75) is 37.8 Å². The van der Waals surface area contributed by atoms with Crippen molar-refractivity contribution < 1.29 is 18.6 Å². The number of ether oxygens (including phenoxy) is 3. The maximum Gasteiger partial charge on any atom is 0.165 e. The van der Waals surface area contributed by atoms with E-state index in [9.17, 15) is 4.39 Å². The molecule has 0 radical (unpaired) electrons. The number of rotatable bonds is 5. The zero-order valence-corrected chi connectivity index (χ0v) is 17.6. The molecule has 3 aliphatic rings. The third kappa shape index (κ3) is 3.95. The van der Waals surface area contributed by atoms with Gasteiger partial charge in [-0.2, -0.15) is 0 Å². The van der Waals surface area contributed by atoms with E-state index >= 15 is 0 Å². The maximum absolute atomic E-state index is 13.8. The molecule has 0 amide bonds. The van der Waals surface area contributed by atoms with Crippen LogP contribution in [-0.4, -0.2) is 57.9 Å². The number of halogens is 1. The molecule has 0 aromatic heterocycles. The predicted molar refractivity (Wildman–Crippen MR) is 112 cm³/mol. The molecular formula is C23H31FN2O3. The molecule has 4 rings (SSSR count). The van der Waals surface area contributed by atoms with Crippen LogP contribution in [0.25, 0.3) is 0 Å². The van der Waals surface area contributed by atoms with Gasteiger partial charge in [0, 0.05) is 49.9 Å². The minimum atomic E-state index is -0.311. The van der Waals surface area contributed by atoms with E-state index < -0.39 is 0 Å². The Morgan fingerprint density at radius 3 is 2.66 bits per heavy atom. The smallest absolute Gasteiger partial charge is 0.165 e. The molecule has 2 aliphatic heterocycles. The van der Waals surface area contributed by atoms with Crippen molar-refractivity contribution in [3.8, 4) is 5.75 Å². The molecule has 0 bridgehead atoms. The number of hydrogen-bond donors (Lipinski definition) is 0. The Balaban J connectivity index is 1.46. The van der Waals surface area contributed by atoms with Crippen LogP contribution in [0.2, 0.25) is 0 Å². The van der Waals surface area contributed by atoms with E-state index in [4.69, 9.17) is 14.2 Å². The van der Waals surface area contributed by atoms with Crippen molar-refractivity contribution in [2.75, 3.05) is 45.9 Å².